The number of hydrogen-bond donors (Lipinski definition) is 1. The molecule has 0 atom stereocenters. The maximum absolute atomic E-state index is 13.0. The zero-order valence-corrected chi connectivity index (χ0v) is 17.4. The maximum Gasteiger partial charge on any atom is 0.264 e. The molecule has 7 heteroatoms. The summed E-state index contributed by atoms with van der Waals surface area (Å²) in [6.45, 7) is 7.12. The van der Waals surface area contributed by atoms with Crippen LogP contribution in [0, 0.1) is 0 Å². The summed E-state index contributed by atoms with van der Waals surface area (Å²) in [5, 5.41) is 2.81. The van der Waals surface area contributed by atoms with E-state index < -0.39 is 10.0 Å². The summed E-state index contributed by atoms with van der Waals surface area (Å²) in [5.74, 6) is -0.232. The second-order valence-corrected chi connectivity index (χ2v) is 8.42. The zero-order chi connectivity index (χ0) is 20.6. The van der Waals surface area contributed by atoms with E-state index in [2.05, 4.69) is 5.32 Å². The third-order valence-electron chi connectivity index (χ3n) is 4.09. The monoisotopic (exact) mass is 404 g/mol. The summed E-state index contributed by atoms with van der Waals surface area (Å²) in [7, 11) is -3.69. The molecule has 2 aromatic carbocycles. The molecule has 1 amide bonds. The number of hydrogen-bond acceptors (Lipinski definition) is 4. The van der Waals surface area contributed by atoms with E-state index in [0.29, 0.717) is 30.9 Å². The van der Waals surface area contributed by atoms with Gasteiger partial charge in [-0.25, -0.2) is 8.42 Å². The molecule has 0 aromatic heterocycles. The van der Waals surface area contributed by atoms with Gasteiger partial charge in [-0.3, -0.25) is 9.10 Å². The fraction of sp³-hybridized carbons (Fsp3) is 0.381. The van der Waals surface area contributed by atoms with Crippen molar-refractivity contribution in [3.05, 3.63) is 60.2 Å². The molecule has 0 radical (unpaired) electrons. The number of benzene rings is 2. The summed E-state index contributed by atoms with van der Waals surface area (Å²) in [6, 6.07) is 15.0. The van der Waals surface area contributed by atoms with Crippen LogP contribution in [-0.2, 0) is 14.8 Å². The molecule has 0 aliphatic heterocycles. The van der Waals surface area contributed by atoms with Crippen LogP contribution < -0.4 is 9.62 Å². The first-order valence-corrected chi connectivity index (χ1v) is 10.9. The number of nitrogens with one attached hydrogen (secondary N) is 1. The number of anilines is 1. The van der Waals surface area contributed by atoms with Crippen LogP contribution in [0.5, 0.6) is 0 Å². The Balaban J connectivity index is 2.03. The van der Waals surface area contributed by atoms with Crippen LogP contribution in [0.1, 0.15) is 37.6 Å². The topological polar surface area (TPSA) is 75.7 Å². The maximum atomic E-state index is 13.0. The van der Waals surface area contributed by atoms with E-state index in [-0.39, 0.29) is 16.9 Å². The third kappa shape index (κ3) is 5.81. The van der Waals surface area contributed by atoms with Crippen molar-refractivity contribution in [1.82, 2.24) is 5.32 Å². The van der Waals surface area contributed by atoms with E-state index in [1.165, 1.54) is 28.6 Å². The highest BCUT2D eigenvalue weighted by Crippen LogP contribution is 2.23. The number of ether oxygens (including phenoxy) is 1. The summed E-state index contributed by atoms with van der Waals surface area (Å²) in [6.07, 6.45) is 0.891. The van der Waals surface area contributed by atoms with Gasteiger partial charge in [0.15, 0.2) is 0 Å². The average molecular weight is 405 g/mol. The van der Waals surface area contributed by atoms with Gasteiger partial charge >= 0.3 is 0 Å². The first-order valence-electron chi connectivity index (χ1n) is 9.44. The zero-order valence-electron chi connectivity index (χ0n) is 16.6. The normalized spacial score (nSPS) is 11.4. The summed E-state index contributed by atoms with van der Waals surface area (Å²) in [4.78, 5) is 12.4. The molecule has 0 spiro atoms. The molecule has 2 aromatic rings. The Hall–Kier alpha value is -2.38. The molecular weight excluding hydrogens is 376 g/mol. The smallest absolute Gasteiger partial charge is 0.264 e. The molecule has 0 unspecified atom stereocenters. The molecule has 0 fully saturated rings. The van der Waals surface area contributed by atoms with Crippen molar-refractivity contribution < 1.29 is 17.9 Å². The van der Waals surface area contributed by atoms with E-state index in [4.69, 9.17) is 4.74 Å². The van der Waals surface area contributed by atoms with Crippen LogP contribution in [0.3, 0.4) is 0 Å². The van der Waals surface area contributed by atoms with Crippen LogP contribution in [0.25, 0.3) is 0 Å². The van der Waals surface area contributed by atoms with Gasteiger partial charge in [-0.15, -0.1) is 0 Å². The summed E-state index contributed by atoms with van der Waals surface area (Å²) >= 11 is 0. The van der Waals surface area contributed by atoms with E-state index >= 15 is 0 Å². The molecule has 1 N–H and O–H groups in total. The standard InChI is InChI=1S/C21H28N2O4S/c1-4-23(19-9-6-5-7-10-19)28(25,26)20-13-11-18(12-14-20)21(24)22-15-8-16-27-17(2)3/h5-7,9-14,17H,4,8,15-16H2,1-3H3,(H,22,24). The Morgan fingerprint density at radius 1 is 1.07 bits per heavy atom. The van der Waals surface area contributed by atoms with E-state index in [9.17, 15) is 13.2 Å². The molecule has 0 aliphatic carbocycles. The highest BCUT2D eigenvalue weighted by atomic mass is 32.2. The molecule has 2 rings (SSSR count). The second-order valence-electron chi connectivity index (χ2n) is 6.56. The lowest BCUT2D eigenvalue weighted by atomic mass is 10.2. The first kappa shape index (κ1) is 21.9. The molecule has 0 aliphatic rings. The van der Waals surface area contributed by atoms with Crippen molar-refractivity contribution >= 4 is 21.6 Å². The van der Waals surface area contributed by atoms with E-state index in [1.54, 1.807) is 31.2 Å². The predicted octanol–water partition coefficient (Wildman–Crippen LogP) is 3.45. The van der Waals surface area contributed by atoms with Gasteiger partial charge in [0.25, 0.3) is 15.9 Å². The minimum absolute atomic E-state index is 0.153. The van der Waals surface area contributed by atoms with Gasteiger partial charge in [-0.1, -0.05) is 18.2 Å². The molecule has 0 saturated heterocycles. The molecule has 28 heavy (non-hydrogen) atoms. The molecular formula is C21H28N2O4S. The number of sulfonamides is 1. The number of amides is 1. The van der Waals surface area contributed by atoms with Gasteiger partial charge < -0.3 is 10.1 Å². The van der Waals surface area contributed by atoms with Crippen LogP contribution in [-0.4, -0.2) is 40.1 Å². The van der Waals surface area contributed by atoms with Gasteiger partial charge in [-0.2, -0.15) is 0 Å². The Morgan fingerprint density at radius 3 is 2.29 bits per heavy atom. The lowest BCUT2D eigenvalue weighted by Crippen LogP contribution is -2.31. The van der Waals surface area contributed by atoms with Gasteiger partial charge in [0.1, 0.15) is 0 Å². The van der Waals surface area contributed by atoms with Crippen LogP contribution in [0.15, 0.2) is 59.5 Å². The minimum atomic E-state index is -3.69. The number of nitrogens with zero attached hydrogens (tertiary/aromatic N) is 1. The largest absolute Gasteiger partial charge is 0.379 e. The fourth-order valence-corrected chi connectivity index (χ4v) is 4.16. The molecule has 152 valence electrons. The van der Waals surface area contributed by atoms with Gasteiger partial charge in [0, 0.05) is 25.3 Å². The van der Waals surface area contributed by atoms with Crippen molar-refractivity contribution in [2.45, 2.75) is 38.2 Å². The summed E-state index contributed by atoms with van der Waals surface area (Å²) in [5.41, 5.74) is 1.03. The van der Waals surface area contributed by atoms with Crippen molar-refractivity contribution in [2.24, 2.45) is 0 Å². The fourth-order valence-electron chi connectivity index (χ4n) is 2.69. The van der Waals surface area contributed by atoms with Crippen LogP contribution in [0.4, 0.5) is 5.69 Å². The van der Waals surface area contributed by atoms with Crippen molar-refractivity contribution in [3.63, 3.8) is 0 Å². The lowest BCUT2D eigenvalue weighted by Gasteiger charge is -2.23. The van der Waals surface area contributed by atoms with E-state index in [1.807, 2.05) is 19.9 Å². The third-order valence-corrected chi connectivity index (χ3v) is 6.01. The SMILES string of the molecule is CCN(c1ccccc1)S(=O)(=O)c1ccc(C(=O)NCCCOC(C)C)cc1. The second kappa shape index (κ2) is 10.2. The number of rotatable bonds is 10. The number of carbonyl (C=O) groups is 1. The molecule has 6 nitrogen and oxygen atoms in total. The quantitative estimate of drug-likeness (QED) is 0.616. The Labute approximate surface area is 167 Å². The number of para-hydroxylation sites is 1. The van der Waals surface area contributed by atoms with E-state index in [0.717, 1.165) is 6.42 Å². The Kier molecular flexibility index (Phi) is 8.02. The highest BCUT2D eigenvalue weighted by molar-refractivity contribution is 7.92. The Morgan fingerprint density at radius 2 is 1.71 bits per heavy atom. The lowest BCUT2D eigenvalue weighted by molar-refractivity contribution is 0.0757. The van der Waals surface area contributed by atoms with Crippen molar-refractivity contribution in [3.8, 4) is 0 Å². The van der Waals surface area contributed by atoms with Crippen molar-refractivity contribution in [1.29, 1.82) is 0 Å². The average Bonchev–Trinajstić information content (AvgIpc) is 2.68. The molecule has 0 saturated carbocycles. The first-order chi connectivity index (χ1) is 13.4. The van der Waals surface area contributed by atoms with Gasteiger partial charge in [0.05, 0.1) is 16.7 Å². The molecule has 0 heterocycles. The van der Waals surface area contributed by atoms with Crippen LogP contribution >= 0.6 is 0 Å². The predicted molar refractivity (Wildman–Crippen MR) is 111 cm³/mol. The Bertz CT molecular complexity index is 850. The van der Waals surface area contributed by atoms with Gasteiger partial charge in [-0.05, 0) is 63.6 Å². The van der Waals surface area contributed by atoms with Gasteiger partial charge in [0.2, 0.25) is 0 Å². The summed E-state index contributed by atoms with van der Waals surface area (Å²) < 4.78 is 32.7. The minimum Gasteiger partial charge on any atom is -0.379 e. The number of carbonyl (C=O) groups excluding carboxylic acids is 1. The van der Waals surface area contributed by atoms with Crippen molar-refractivity contribution in [2.75, 3.05) is 24.0 Å². The highest BCUT2D eigenvalue weighted by Gasteiger charge is 2.23. The molecule has 0 bridgehead atoms. The van der Waals surface area contributed by atoms with Crippen LogP contribution in [0.2, 0.25) is 0 Å².